The molecular formula is C57H39NO2. The van der Waals surface area contributed by atoms with Crippen LogP contribution in [0, 0.1) is 0 Å². The number of anilines is 3. The largest absolute Gasteiger partial charge is 0.456 e. The minimum Gasteiger partial charge on any atom is -0.456 e. The van der Waals surface area contributed by atoms with Crippen LogP contribution < -0.4 is 9.64 Å². The van der Waals surface area contributed by atoms with Gasteiger partial charge in [0.05, 0.1) is 11.1 Å². The molecule has 3 heteroatoms. The second-order valence-corrected chi connectivity index (χ2v) is 15.2. The maximum atomic E-state index is 6.71. The molecule has 0 radical (unpaired) electrons. The molecule has 2 heterocycles. The van der Waals surface area contributed by atoms with E-state index in [-0.39, 0.29) is 0 Å². The smallest absolute Gasteiger partial charge is 0.142 e. The van der Waals surface area contributed by atoms with Crippen molar-refractivity contribution >= 4 is 44.8 Å². The van der Waals surface area contributed by atoms with Crippen LogP contribution in [0.3, 0.4) is 0 Å². The molecule has 9 aromatic carbocycles. The molecule has 3 nitrogen and oxygen atoms in total. The van der Waals surface area contributed by atoms with Crippen LogP contribution in [-0.2, 0) is 6.42 Å². The van der Waals surface area contributed by atoms with Crippen LogP contribution in [0.15, 0.2) is 229 Å². The Morgan fingerprint density at radius 3 is 1.47 bits per heavy atom. The van der Waals surface area contributed by atoms with Gasteiger partial charge < -0.3 is 14.1 Å². The van der Waals surface area contributed by atoms with Crippen molar-refractivity contribution in [1.82, 2.24) is 0 Å². The van der Waals surface area contributed by atoms with Gasteiger partial charge in [-0.15, -0.1) is 0 Å². The van der Waals surface area contributed by atoms with Crippen LogP contribution in [-0.4, -0.2) is 0 Å². The Bertz CT molecular complexity index is 3070. The van der Waals surface area contributed by atoms with Crippen molar-refractivity contribution < 1.29 is 9.15 Å². The van der Waals surface area contributed by atoms with Crippen molar-refractivity contribution in [2.45, 2.75) is 6.42 Å². The minimum absolute atomic E-state index is 0.796. The summed E-state index contributed by atoms with van der Waals surface area (Å²) < 4.78 is 13.2. The molecule has 1 aliphatic heterocycles. The highest BCUT2D eigenvalue weighted by molar-refractivity contribution is 6.10. The average molecular weight is 770 g/mol. The second kappa shape index (κ2) is 15.1. The number of nitrogens with zero attached hydrogens (tertiary/aromatic N) is 1. The lowest BCUT2D eigenvalue weighted by Gasteiger charge is -2.29. The van der Waals surface area contributed by atoms with Gasteiger partial charge in [-0.2, -0.15) is 0 Å². The molecule has 0 amide bonds. The van der Waals surface area contributed by atoms with Crippen LogP contribution in [0.1, 0.15) is 11.1 Å². The van der Waals surface area contributed by atoms with Gasteiger partial charge >= 0.3 is 0 Å². The molecule has 0 fully saturated rings. The van der Waals surface area contributed by atoms with Gasteiger partial charge in [0.2, 0.25) is 0 Å². The number of ether oxygens (including phenoxy) is 1. The molecule has 0 bridgehead atoms. The summed E-state index contributed by atoms with van der Waals surface area (Å²) >= 11 is 0. The van der Waals surface area contributed by atoms with Gasteiger partial charge in [0.15, 0.2) is 0 Å². The minimum atomic E-state index is 0.796. The first-order valence-electron chi connectivity index (χ1n) is 20.5. The Morgan fingerprint density at radius 2 is 0.867 bits per heavy atom. The molecular weight excluding hydrogens is 731 g/mol. The number of hydrogen-bond donors (Lipinski definition) is 0. The highest BCUT2D eigenvalue weighted by Crippen LogP contribution is 2.46. The van der Waals surface area contributed by atoms with Gasteiger partial charge in [0.1, 0.15) is 22.7 Å². The van der Waals surface area contributed by atoms with Crippen molar-refractivity contribution in [3.8, 4) is 50.3 Å². The summed E-state index contributed by atoms with van der Waals surface area (Å²) in [7, 11) is 0. The van der Waals surface area contributed by atoms with Gasteiger partial charge in [0, 0.05) is 27.9 Å². The third kappa shape index (κ3) is 6.53. The molecule has 60 heavy (non-hydrogen) atoms. The predicted octanol–water partition coefficient (Wildman–Crippen LogP) is 15.7. The quantitative estimate of drug-likeness (QED) is 0.154. The fourth-order valence-corrected chi connectivity index (χ4v) is 8.52. The Hall–Kier alpha value is -7.88. The lowest BCUT2D eigenvalue weighted by molar-refractivity contribution is 0.504. The van der Waals surface area contributed by atoms with Crippen LogP contribution in [0.4, 0.5) is 17.1 Å². The van der Waals surface area contributed by atoms with Gasteiger partial charge in [-0.05, 0) is 112 Å². The number of rotatable bonds is 8. The lowest BCUT2D eigenvalue weighted by Crippen LogP contribution is -2.11. The SMILES string of the molecule is C1=C(c2ccccc2)Oc2c(ccc3oc4ccc(-c5ccc(N(c6ccc(-c7ccccc7)cc6)c6ccc(-c7ccccc7)cc6)c(-c6ccccc6)c5)cc4c23)C1. The van der Waals surface area contributed by atoms with Gasteiger partial charge in [0.25, 0.3) is 0 Å². The molecule has 1 aromatic heterocycles. The van der Waals surface area contributed by atoms with Gasteiger partial charge in [-0.1, -0.05) is 164 Å². The zero-order valence-corrected chi connectivity index (χ0v) is 32.8. The highest BCUT2D eigenvalue weighted by atomic mass is 16.5. The number of hydrogen-bond acceptors (Lipinski definition) is 3. The molecule has 0 saturated carbocycles. The van der Waals surface area contributed by atoms with E-state index in [1.54, 1.807) is 0 Å². The van der Waals surface area contributed by atoms with Crippen molar-refractivity contribution in [1.29, 1.82) is 0 Å². The van der Waals surface area contributed by atoms with E-state index < -0.39 is 0 Å². The number of fused-ring (bicyclic) bond motifs is 5. The molecule has 1 aliphatic rings. The van der Waals surface area contributed by atoms with E-state index in [1.807, 2.05) is 18.2 Å². The molecule has 0 N–H and O–H groups in total. The molecule has 0 saturated heterocycles. The normalized spacial score (nSPS) is 12.2. The maximum absolute atomic E-state index is 6.71. The standard InChI is InChI=1S/C57H39NO2/c1-5-13-39(14-6-1)41-21-29-48(30-22-41)58(49-31-23-42(24-32-49)40-15-7-2-8-16-40)52-33-25-46(37-50(52)43-17-9-3-10-18-43)47-28-35-54-51(38-47)56-55(59-54)36-27-45-26-34-53(60-57(45)56)44-19-11-4-12-20-44/h1-25,27-38H,26H2. The molecule has 0 unspecified atom stereocenters. The predicted molar refractivity (Wildman–Crippen MR) is 249 cm³/mol. The summed E-state index contributed by atoms with van der Waals surface area (Å²) in [5, 5.41) is 2.05. The Morgan fingerprint density at radius 1 is 0.383 bits per heavy atom. The highest BCUT2D eigenvalue weighted by Gasteiger charge is 2.23. The van der Waals surface area contributed by atoms with Crippen molar-refractivity contribution in [2.75, 3.05) is 4.90 Å². The second-order valence-electron chi connectivity index (χ2n) is 15.2. The maximum Gasteiger partial charge on any atom is 0.142 e. The molecule has 0 atom stereocenters. The average Bonchev–Trinajstić information content (AvgIpc) is 3.72. The van der Waals surface area contributed by atoms with Crippen LogP contribution in [0.2, 0.25) is 0 Å². The Labute approximate surface area is 349 Å². The number of furan rings is 1. The first-order chi connectivity index (χ1) is 29.7. The summed E-state index contributed by atoms with van der Waals surface area (Å²) in [4.78, 5) is 2.38. The Kier molecular flexibility index (Phi) is 8.90. The number of benzene rings is 9. The third-order valence-corrected chi connectivity index (χ3v) is 11.6. The molecule has 284 valence electrons. The summed E-state index contributed by atoms with van der Waals surface area (Å²) in [5.41, 5.74) is 16.3. The van der Waals surface area contributed by atoms with E-state index in [4.69, 9.17) is 9.15 Å². The third-order valence-electron chi connectivity index (χ3n) is 11.6. The van der Waals surface area contributed by atoms with E-state index in [2.05, 4.69) is 211 Å². The fraction of sp³-hybridized carbons (Fsp3) is 0.0175. The van der Waals surface area contributed by atoms with Gasteiger partial charge in [-0.3, -0.25) is 0 Å². The van der Waals surface area contributed by atoms with Crippen molar-refractivity contribution in [3.05, 3.63) is 236 Å². The summed E-state index contributed by atoms with van der Waals surface area (Å²) in [5.74, 6) is 1.75. The molecule has 0 spiro atoms. The summed E-state index contributed by atoms with van der Waals surface area (Å²) in [6, 6.07) is 77.5. The van der Waals surface area contributed by atoms with E-state index >= 15 is 0 Å². The first-order valence-corrected chi connectivity index (χ1v) is 20.5. The van der Waals surface area contributed by atoms with E-state index in [1.165, 1.54) is 22.3 Å². The zero-order valence-electron chi connectivity index (χ0n) is 32.8. The zero-order chi connectivity index (χ0) is 39.8. The van der Waals surface area contributed by atoms with E-state index in [9.17, 15) is 0 Å². The van der Waals surface area contributed by atoms with Crippen molar-refractivity contribution in [3.63, 3.8) is 0 Å². The monoisotopic (exact) mass is 769 g/mol. The summed E-state index contributed by atoms with van der Waals surface area (Å²) in [6.07, 6.45) is 2.96. The molecule has 10 aromatic rings. The van der Waals surface area contributed by atoms with E-state index in [0.29, 0.717) is 0 Å². The van der Waals surface area contributed by atoms with Gasteiger partial charge in [-0.25, -0.2) is 0 Å². The van der Waals surface area contributed by atoms with Crippen LogP contribution in [0.5, 0.6) is 5.75 Å². The van der Waals surface area contributed by atoms with Crippen molar-refractivity contribution in [2.24, 2.45) is 0 Å². The van der Waals surface area contributed by atoms with Crippen LogP contribution in [0.25, 0.3) is 72.2 Å². The molecule has 11 rings (SSSR count). The summed E-state index contributed by atoms with van der Waals surface area (Å²) in [6.45, 7) is 0. The fourth-order valence-electron chi connectivity index (χ4n) is 8.52. The topological polar surface area (TPSA) is 25.6 Å². The van der Waals surface area contributed by atoms with Crippen LogP contribution >= 0.6 is 0 Å². The number of allylic oxidation sites excluding steroid dienone is 1. The lowest BCUT2D eigenvalue weighted by atomic mass is 9.94. The Balaban J connectivity index is 1.04. The first kappa shape index (κ1) is 35.3. The molecule has 0 aliphatic carbocycles. The van der Waals surface area contributed by atoms with E-state index in [0.717, 1.165) is 90.3 Å².